The minimum absolute atomic E-state index is 0.127. The van der Waals surface area contributed by atoms with Crippen molar-refractivity contribution in [2.75, 3.05) is 7.11 Å². The van der Waals surface area contributed by atoms with Gasteiger partial charge < -0.3 is 10.5 Å². The van der Waals surface area contributed by atoms with Gasteiger partial charge in [-0.25, -0.2) is 0 Å². The van der Waals surface area contributed by atoms with E-state index in [0.29, 0.717) is 5.88 Å². The lowest BCUT2D eigenvalue weighted by molar-refractivity contribution is 0.411. The molecule has 3 N–H and O–H groups in total. The molecule has 0 fully saturated rings. The number of hydrazone groups is 1. The van der Waals surface area contributed by atoms with E-state index in [1.807, 2.05) is 18.2 Å². The average Bonchev–Trinajstić information content (AvgIpc) is 2.28. The predicted octanol–water partition coefficient (Wildman–Crippen LogP) is 1.60. The van der Waals surface area contributed by atoms with Crippen LogP contribution in [0.1, 0.15) is 11.1 Å². The van der Waals surface area contributed by atoms with Gasteiger partial charge in [0.1, 0.15) is 5.75 Å². The Labute approximate surface area is 104 Å². The van der Waals surface area contributed by atoms with Crippen molar-refractivity contribution in [3.63, 3.8) is 0 Å². The van der Waals surface area contributed by atoms with Crippen LogP contribution >= 0.6 is 23.8 Å². The monoisotopic (exact) mass is 257 g/mol. The Bertz CT molecular complexity index is 409. The van der Waals surface area contributed by atoms with E-state index in [0.717, 1.165) is 16.9 Å². The van der Waals surface area contributed by atoms with Crippen molar-refractivity contribution in [1.82, 2.24) is 5.43 Å². The number of rotatable bonds is 4. The van der Waals surface area contributed by atoms with Gasteiger partial charge in [0.05, 0.1) is 19.2 Å². The zero-order chi connectivity index (χ0) is 12.0. The molecule has 0 aliphatic carbocycles. The molecule has 0 aromatic heterocycles. The third-order valence-corrected chi connectivity index (χ3v) is 2.22. The Morgan fingerprint density at radius 1 is 1.69 bits per heavy atom. The molecule has 0 radical (unpaired) electrons. The van der Waals surface area contributed by atoms with E-state index in [1.54, 1.807) is 13.3 Å². The molecule has 0 saturated heterocycles. The van der Waals surface area contributed by atoms with Gasteiger partial charge >= 0.3 is 0 Å². The summed E-state index contributed by atoms with van der Waals surface area (Å²) in [5.41, 5.74) is 9.49. The summed E-state index contributed by atoms with van der Waals surface area (Å²) < 4.78 is 5.15. The Kier molecular flexibility index (Phi) is 5.01. The molecule has 6 heteroatoms. The van der Waals surface area contributed by atoms with Crippen molar-refractivity contribution in [1.29, 1.82) is 0 Å². The molecule has 0 saturated carbocycles. The topological polar surface area (TPSA) is 59.6 Å². The van der Waals surface area contributed by atoms with E-state index in [9.17, 15) is 0 Å². The SMILES string of the molecule is COc1ccc(C=NNC(N)=S)cc1CCl. The number of hydrogen-bond donors (Lipinski definition) is 2. The first-order chi connectivity index (χ1) is 7.67. The fourth-order valence-corrected chi connectivity index (χ4v) is 1.42. The van der Waals surface area contributed by atoms with E-state index in [1.165, 1.54) is 0 Å². The number of halogens is 1. The summed E-state index contributed by atoms with van der Waals surface area (Å²) in [6.07, 6.45) is 1.61. The van der Waals surface area contributed by atoms with E-state index >= 15 is 0 Å². The third kappa shape index (κ3) is 3.67. The van der Waals surface area contributed by atoms with Gasteiger partial charge in [-0.15, -0.1) is 11.6 Å². The molecule has 0 unspecified atom stereocenters. The number of thiocarbonyl (C=S) groups is 1. The number of nitrogens with two attached hydrogens (primary N) is 1. The molecule has 0 spiro atoms. The Morgan fingerprint density at radius 3 is 3.00 bits per heavy atom. The van der Waals surface area contributed by atoms with Crippen molar-refractivity contribution >= 4 is 35.1 Å². The highest BCUT2D eigenvalue weighted by Crippen LogP contribution is 2.20. The van der Waals surface area contributed by atoms with Gasteiger partial charge in [0, 0.05) is 5.56 Å². The van der Waals surface area contributed by atoms with Crippen molar-refractivity contribution in [3.8, 4) is 5.75 Å². The quantitative estimate of drug-likeness (QED) is 0.372. The molecule has 4 nitrogen and oxygen atoms in total. The van der Waals surface area contributed by atoms with Crippen LogP contribution in [0.25, 0.3) is 0 Å². The summed E-state index contributed by atoms with van der Waals surface area (Å²) in [5, 5.41) is 3.97. The van der Waals surface area contributed by atoms with Crippen LogP contribution in [0.2, 0.25) is 0 Å². The Balaban J connectivity index is 2.82. The maximum atomic E-state index is 5.79. The van der Waals surface area contributed by atoms with Crippen LogP contribution < -0.4 is 15.9 Å². The van der Waals surface area contributed by atoms with E-state index in [4.69, 9.17) is 22.1 Å². The minimum atomic E-state index is 0.127. The fraction of sp³-hybridized carbons (Fsp3) is 0.200. The van der Waals surface area contributed by atoms with Crippen LogP contribution in [-0.4, -0.2) is 18.4 Å². The minimum Gasteiger partial charge on any atom is -0.496 e. The lowest BCUT2D eigenvalue weighted by Crippen LogP contribution is -2.23. The number of benzene rings is 1. The second kappa shape index (κ2) is 6.30. The smallest absolute Gasteiger partial charge is 0.184 e. The van der Waals surface area contributed by atoms with Gasteiger partial charge in [-0.3, -0.25) is 5.43 Å². The molecule has 16 heavy (non-hydrogen) atoms. The molecule has 0 atom stereocenters. The number of ether oxygens (including phenoxy) is 1. The molecular formula is C10H12ClN3OS. The van der Waals surface area contributed by atoms with Gasteiger partial charge in [0.25, 0.3) is 0 Å². The first-order valence-electron chi connectivity index (χ1n) is 4.48. The van der Waals surface area contributed by atoms with E-state index < -0.39 is 0 Å². The van der Waals surface area contributed by atoms with Crippen LogP contribution in [0.3, 0.4) is 0 Å². The van der Waals surface area contributed by atoms with Crippen molar-refractivity contribution in [3.05, 3.63) is 29.3 Å². The number of methoxy groups -OCH3 is 1. The van der Waals surface area contributed by atoms with Crippen molar-refractivity contribution < 1.29 is 4.74 Å². The fourth-order valence-electron chi connectivity index (χ4n) is 1.15. The van der Waals surface area contributed by atoms with Crippen LogP contribution in [0.4, 0.5) is 0 Å². The Hall–Kier alpha value is -1.33. The molecule has 0 aliphatic heterocycles. The summed E-state index contributed by atoms with van der Waals surface area (Å²) in [6, 6.07) is 5.58. The number of alkyl halides is 1. The number of hydrogen-bond acceptors (Lipinski definition) is 3. The van der Waals surface area contributed by atoms with Gasteiger partial charge in [-0.2, -0.15) is 5.10 Å². The second-order valence-corrected chi connectivity index (χ2v) is 3.65. The maximum Gasteiger partial charge on any atom is 0.184 e. The molecule has 1 rings (SSSR count). The molecule has 0 aliphatic rings. The largest absolute Gasteiger partial charge is 0.496 e. The molecule has 0 heterocycles. The lowest BCUT2D eigenvalue weighted by Gasteiger charge is -2.06. The first-order valence-corrected chi connectivity index (χ1v) is 5.43. The molecule has 1 aromatic carbocycles. The third-order valence-electron chi connectivity index (χ3n) is 1.84. The lowest BCUT2D eigenvalue weighted by atomic mass is 10.1. The predicted molar refractivity (Wildman–Crippen MR) is 70.1 cm³/mol. The highest BCUT2D eigenvalue weighted by Gasteiger charge is 2.01. The molecule has 86 valence electrons. The van der Waals surface area contributed by atoms with Gasteiger partial charge in [0.15, 0.2) is 5.11 Å². The van der Waals surface area contributed by atoms with E-state index in [-0.39, 0.29) is 5.11 Å². The summed E-state index contributed by atoms with van der Waals surface area (Å²) in [6.45, 7) is 0. The summed E-state index contributed by atoms with van der Waals surface area (Å²) in [7, 11) is 1.60. The molecule has 0 amide bonds. The standard InChI is InChI=1S/C10H12ClN3OS/c1-15-9-3-2-7(4-8(9)5-11)6-13-14-10(12)16/h2-4,6H,5H2,1H3,(H3,12,14,16). The molecular weight excluding hydrogens is 246 g/mol. The van der Waals surface area contributed by atoms with Gasteiger partial charge in [-0.05, 0) is 36.0 Å². The van der Waals surface area contributed by atoms with Crippen molar-refractivity contribution in [2.45, 2.75) is 5.88 Å². The van der Waals surface area contributed by atoms with Crippen LogP contribution in [0, 0.1) is 0 Å². The van der Waals surface area contributed by atoms with Crippen LogP contribution in [0.5, 0.6) is 5.75 Å². The average molecular weight is 258 g/mol. The van der Waals surface area contributed by atoms with Crippen molar-refractivity contribution in [2.24, 2.45) is 10.8 Å². The first kappa shape index (κ1) is 12.7. The number of nitrogens with zero attached hydrogens (tertiary/aromatic N) is 1. The summed E-state index contributed by atoms with van der Waals surface area (Å²) >= 11 is 10.4. The zero-order valence-corrected chi connectivity index (χ0v) is 10.3. The Morgan fingerprint density at radius 2 is 2.44 bits per heavy atom. The normalized spacial score (nSPS) is 10.4. The number of nitrogens with one attached hydrogen (secondary N) is 1. The molecule has 0 bridgehead atoms. The van der Waals surface area contributed by atoms with E-state index in [2.05, 4.69) is 22.7 Å². The van der Waals surface area contributed by atoms with Gasteiger partial charge in [0.2, 0.25) is 0 Å². The highest BCUT2D eigenvalue weighted by molar-refractivity contribution is 7.80. The zero-order valence-electron chi connectivity index (χ0n) is 8.74. The molecule has 1 aromatic rings. The summed E-state index contributed by atoms with van der Waals surface area (Å²) in [5.74, 6) is 1.14. The van der Waals surface area contributed by atoms with Crippen LogP contribution in [-0.2, 0) is 5.88 Å². The summed E-state index contributed by atoms with van der Waals surface area (Å²) in [4.78, 5) is 0. The second-order valence-electron chi connectivity index (χ2n) is 2.94. The maximum absolute atomic E-state index is 5.79. The van der Waals surface area contributed by atoms with Gasteiger partial charge in [-0.1, -0.05) is 0 Å². The van der Waals surface area contributed by atoms with Crippen LogP contribution in [0.15, 0.2) is 23.3 Å². The highest BCUT2D eigenvalue weighted by atomic mass is 35.5.